The molecule has 8 heteroatoms. The Labute approximate surface area is 260 Å². The van der Waals surface area contributed by atoms with Crippen LogP contribution < -0.4 is 9.64 Å². The summed E-state index contributed by atoms with van der Waals surface area (Å²) in [6.45, 7) is 0.440. The number of aliphatic imine (C=N–C) groups is 1. The van der Waals surface area contributed by atoms with Crippen molar-refractivity contribution < 1.29 is 9.53 Å². The van der Waals surface area contributed by atoms with Gasteiger partial charge in [0.15, 0.2) is 5.17 Å². The van der Waals surface area contributed by atoms with Gasteiger partial charge in [0.05, 0.1) is 20.8 Å². The minimum Gasteiger partial charge on any atom is -0.488 e. The van der Waals surface area contributed by atoms with Gasteiger partial charge in [0.25, 0.3) is 5.91 Å². The van der Waals surface area contributed by atoms with Gasteiger partial charge in [-0.2, -0.15) is 0 Å². The summed E-state index contributed by atoms with van der Waals surface area (Å²) in [6.07, 6.45) is 1.86. The molecule has 1 amide bonds. The average Bonchev–Trinajstić information content (AvgIpc) is 3.28. The Bertz CT molecular complexity index is 1820. The number of rotatable bonds is 6. The van der Waals surface area contributed by atoms with E-state index in [1.54, 1.807) is 41.3 Å². The number of ether oxygens (including phenoxy) is 1. The van der Waals surface area contributed by atoms with Gasteiger partial charge in [-0.1, -0.05) is 71.7 Å². The predicted octanol–water partition coefficient (Wildman–Crippen LogP) is 10.3. The van der Waals surface area contributed by atoms with E-state index in [1.807, 2.05) is 54.6 Å². The van der Waals surface area contributed by atoms with Crippen LogP contribution in [-0.4, -0.2) is 11.1 Å². The van der Waals surface area contributed by atoms with Gasteiger partial charge in [-0.05, 0) is 116 Å². The Morgan fingerprint density at radius 2 is 1.56 bits per heavy atom. The van der Waals surface area contributed by atoms with E-state index >= 15 is 0 Å². The lowest BCUT2D eigenvalue weighted by atomic mass is 10.1. The summed E-state index contributed by atoms with van der Waals surface area (Å²) in [5, 5.41) is 4.10. The molecule has 0 atom stereocenters. The van der Waals surface area contributed by atoms with Crippen LogP contribution in [0.5, 0.6) is 5.75 Å². The maximum Gasteiger partial charge on any atom is 0.271 e. The summed E-state index contributed by atoms with van der Waals surface area (Å²) in [5.41, 5.74) is 3.35. The molecule has 0 saturated carbocycles. The zero-order chi connectivity index (χ0) is 28.3. The van der Waals surface area contributed by atoms with Crippen LogP contribution in [0.3, 0.4) is 0 Å². The molecular weight excluding hydrogens is 639 g/mol. The highest BCUT2D eigenvalue weighted by Crippen LogP contribution is 2.38. The van der Waals surface area contributed by atoms with Gasteiger partial charge in [0.1, 0.15) is 12.4 Å². The van der Waals surface area contributed by atoms with E-state index in [0.29, 0.717) is 38.1 Å². The quantitative estimate of drug-likeness (QED) is 0.170. The van der Waals surface area contributed by atoms with Crippen molar-refractivity contribution in [1.29, 1.82) is 0 Å². The van der Waals surface area contributed by atoms with Crippen molar-refractivity contribution in [2.75, 3.05) is 4.90 Å². The molecule has 1 fully saturated rings. The highest BCUT2D eigenvalue weighted by Gasteiger charge is 2.34. The number of amidine groups is 1. The molecule has 1 aliphatic heterocycles. The molecule has 202 valence electrons. The third-order valence-corrected chi connectivity index (χ3v) is 8.55. The number of anilines is 1. The number of hydrogen-bond donors (Lipinski definition) is 0. The van der Waals surface area contributed by atoms with Crippen molar-refractivity contribution in [3.05, 3.63) is 140 Å². The van der Waals surface area contributed by atoms with Crippen molar-refractivity contribution in [1.82, 2.24) is 0 Å². The Morgan fingerprint density at radius 3 is 2.32 bits per heavy atom. The summed E-state index contributed by atoms with van der Waals surface area (Å²) in [4.78, 5) is 20.5. The smallest absolute Gasteiger partial charge is 0.271 e. The molecule has 1 saturated heterocycles. The van der Waals surface area contributed by atoms with Crippen LogP contribution in [-0.2, 0) is 11.4 Å². The van der Waals surface area contributed by atoms with Crippen LogP contribution in [0.15, 0.2) is 124 Å². The minimum atomic E-state index is -0.169. The summed E-state index contributed by atoms with van der Waals surface area (Å²) >= 11 is 17.1. The SMILES string of the molecule is O=C1/C(=C/c2ccc(OCc3cccc4ccccc34)c(Br)c2)SC(=Nc2ccc(Cl)cc2)N1c1ccc(Cl)cc1. The molecule has 0 unspecified atom stereocenters. The third kappa shape index (κ3) is 6.21. The second-order valence-electron chi connectivity index (χ2n) is 9.22. The first-order valence-corrected chi connectivity index (χ1v) is 15.0. The highest BCUT2D eigenvalue weighted by molar-refractivity contribution is 9.10. The molecule has 1 aliphatic rings. The Balaban J connectivity index is 1.26. The van der Waals surface area contributed by atoms with E-state index in [9.17, 15) is 4.79 Å². The number of carbonyl (C=O) groups excluding carboxylic acids is 1. The minimum absolute atomic E-state index is 0.169. The first kappa shape index (κ1) is 27.6. The fourth-order valence-electron chi connectivity index (χ4n) is 4.44. The van der Waals surface area contributed by atoms with Gasteiger partial charge >= 0.3 is 0 Å². The molecule has 4 nitrogen and oxygen atoms in total. The molecule has 0 N–H and O–H groups in total. The molecule has 0 spiro atoms. The van der Waals surface area contributed by atoms with Crippen molar-refractivity contribution >= 4 is 90.2 Å². The van der Waals surface area contributed by atoms with Gasteiger partial charge in [0, 0.05) is 10.0 Å². The fraction of sp³-hybridized carbons (Fsp3) is 0.0303. The van der Waals surface area contributed by atoms with E-state index < -0.39 is 0 Å². The van der Waals surface area contributed by atoms with Crippen molar-refractivity contribution in [3.8, 4) is 5.75 Å². The number of amides is 1. The number of carbonyl (C=O) groups is 1. The molecule has 0 aliphatic carbocycles. The van der Waals surface area contributed by atoms with E-state index in [-0.39, 0.29) is 5.91 Å². The standard InChI is InChI=1S/C33H21BrCl2N2O2S/c34-29-18-21(8-17-30(29)40-20-23-6-3-5-22-4-1-2-7-28(22)23)19-31-32(39)38(27-15-11-25(36)12-16-27)33(41-31)37-26-13-9-24(35)10-14-26/h1-19H,20H2/b31-19-,37-33?. The number of fused-ring (bicyclic) bond motifs is 1. The monoisotopic (exact) mass is 658 g/mol. The third-order valence-electron chi connectivity index (χ3n) is 6.46. The Hall–Kier alpha value is -3.55. The number of halogens is 3. The fourth-order valence-corrected chi connectivity index (χ4v) is 6.21. The lowest BCUT2D eigenvalue weighted by Crippen LogP contribution is -2.28. The normalized spacial score (nSPS) is 15.3. The molecule has 0 radical (unpaired) electrons. The van der Waals surface area contributed by atoms with Crippen LogP contribution in [0.25, 0.3) is 16.8 Å². The first-order chi connectivity index (χ1) is 19.9. The molecule has 6 rings (SSSR count). The number of thioether (sulfide) groups is 1. The zero-order valence-corrected chi connectivity index (χ0v) is 25.3. The molecule has 41 heavy (non-hydrogen) atoms. The molecule has 1 heterocycles. The predicted molar refractivity (Wildman–Crippen MR) is 175 cm³/mol. The topological polar surface area (TPSA) is 41.9 Å². The molecule has 5 aromatic carbocycles. The van der Waals surface area contributed by atoms with Crippen LogP contribution in [0.4, 0.5) is 11.4 Å². The second-order valence-corrected chi connectivity index (χ2v) is 12.0. The van der Waals surface area contributed by atoms with Crippen molar-refractivity contribution in [3.63, 3.8) is 0 Å². The summed E-state index contributed by atoms with van der Waals surface area (Å²) in [6, 6.07) is 34.6. The lowest BCUT2D eigenvalue weighted by molar-refractivity contribution is -0.113. The molecule has 0 bridgehead atoms. The maximum absolute atomic E-state index is 13.6. The second kappa shape index (κ2) is 12.1. The number of benzene rings is 5. The van der Waals surface area contributed by atoms with E-state index in [0.717, 1.165) is 21.3 Å². The number of nitrogens with zero attached hydrogens (tertiary/aromatic N) is 2. The summed E-state index contributed by atoms with van der Waals surface area (Å²) < 4.78 is 6.96. The summed E-state index contributed by atoms with van der Waals surface area (Å²) in [7, 11) is 0. The van der Waals surface area contributed by atoms with Gasteiger partial charge in [-0.15, -0.1) is 0 Å². The highest BCUT2D eigenvalue weighted by atomic mass is 79.9. The number of hydrogen-bond acceptors (Lipinski definition) is 4. The first-order valence-electron chi connectivity index (χ1n) is 12.7. The van der Waals surface area contributed by atoms with Crippen LogP contribution in [0, 0.1) is 0 Å². The van der Waals surface area contributed by atoms with Gasteiger partial charge < -0.3 is 4.74 Å². The van der Waals surface area contributed by atoms with Crippen molar-refractivity contribution in [2.24, 2.45) is 4.99 Å². The van der Waals surface area contributed by atoms with E-state index in [4.69, 9.17) is 32.9 Å². The van der Waals surface area contributed by atoms with E-state index in [1.165, 1.54) is 22.5 Å². The molecule has 0 aromatic heterocycles. The van der Waals surface area contributed by atoms with Crippen LogP contribution in [0.2, 0.25) is 10.0 Å². The summed E-state index contributed by atoms with van der Waals surface area (Å²) in [5.74, 6) is 0.552. The molecular formula is C33H21BrCl2N2O2S. The Morgan fingerprint density at radius 1 is 0.854 bits per heavy atom. The van der Waals surface area contributed by atoms with Crippen molar-refractivity contribution in [2.45, 2.75) is 6.61 Å². The molecule has 5 aromatic rings. The largest absolute Gasteiger partial charge is 0.488 e. The van der Waals surface area contributed by atoms with Gasteiger partial charge in [-0.3, -0.25) is 9.69 Å². The zero-order valence-electron chi connectivity index (χ0n) is 21.4. The van der Waals surface area contributed by atoms with Gasteiger partial charge in [-0.25, -0.2) is 4.99 Å². The Kier molecular flexibility index (Phi) is 8.17. The van der Waals surface area contributed by atoms with Gasteiger partial charge in [0.2, 0.25) is 0 Å². The maximum atomic E-state index is 13.6. The van der Waals surface area contributed by atoms with Crippen LogP contribution in [0.1, 0.15) is 11.1 Å². The van der Waals surface area contributed by atoms with Crippen LogP contribution >= 0.6 is 50.9 Å². The van der Waals surface area contributed by atoms with E-state index in [2.05, 4.69) is 40.2 Å². The lowest BCUT2D eigenvalue weighted by Gasteiger charge is -2.15. The average molecular weight is 660 g/mol.